The monoisotopic (exact) mass is 369 g/mol. The minimum Gasteiger partial charge on any atom is -0.504 e. The maximum atomic E-state index is 12.1. The van der Waals surface area contributed by atoms with Gasteiger partial charge in [-0.15, -0.1) is 12.4 Å². The number of phenols is 1. The summed E-state index contributed by atoms with van der Waals surface area (Å²) in [6.07, 6.45) is 4.62. The van der Waals surface area contributed by atoms with Gasteiger partial charge < -0.3 is 19.9 Å². The summed E-state index contributed by atoms with van der Waals surface area (Å²) in [6.45, 7) is 8.03. The highest BCUT2D eigenvalue weighted by Crippen LogP contribution is 2.27. The Morgan fingerprint density at radius 1 is 1.52 bits per heavy atom. The highest BCUT2D eigenvalue weighted by molar-refractivity contribution is 5.93. The third-order valence-electron chi connectivity index (χ3n) is 4.06. The van der Waals surface area contributed by atoms with Crippen LogP contribution in [0.4, 0.5) is 0 Å². The summed E-state index contributed by atoms with van der Waals surface area (Å²) in [5.74, 6) is 0.587. The van der Waals surface area contributed by atoms with Gasteiger partial charge in [0.25, 0.3) is 0 Å². The molecular formula is C19H28ClNO4. The molecule has 25 heavy (non-hydrogen) atoms. The summed E-state index contributed by atoms with van der Waals surface area (Å²) >= 11 is 0. The van der Waals surface area contributed by atoms with Gasteiger partial charge >= 0.3 is 0 Å². The summed E-state index contributed by atoms with van der Waals surface area (Å²) in [5, 5.41) is 13.0. The van der Waals surface area contributed by atoms with Gasteiger partial charge in [0.2, 0.25) is 0 Å². The highest BCUT2D eigenvalue weighted by atomic mass is 35.5. The molecule has 1 aliphatic rings. The molecule has 0 bridgehead atoms. The van der Waals surface area contributed by atoms with Gasteiger partial charge in [-0.1, -0.05) is 12.1 Å². The van der Waals surface area contributed by atoms with Gasteiger partial charge in [0.1, 0.15) is 0 Å². The molecule has 0 aromatic heterocycles. The number of rotatable bonds is 7. The minimum atomic E-state index is -0.290. The second kappa shape index (κ2) is 9.80. The number of morpholine rings is 1. The summed E-state index contributed by atoms with van der Waals surface area (Å²) in [4.78, 5) is 12.1. The van der Waals surface area contributed by atoms with E-state index in [1.54, 1.807) is 30.4 Å². The van der Waals surface area contributed by atoms with Crippen LogP contribution in [0.2, 0.25) is 0 Å². The number of ether oxygens (including phenoxy) is 2. The summed E-state index contributed by atoms with van der Waals surface area (Å²) < 4.78 is 11.3. The fourth-order valence-corrected chi connectivity index (χ4v) is 2.82. The predicted molar refractivity (Wildman–Crippen MR) is 102 cm³/mol. The number of nitrogens with one attached hydrogen (secondary N) is 1. The molecule has 1 aromatic carbocycles. The van der Waals surface area contributed by atoms with Crippen LogP contribution in [0, 0.1) is 0 Å². The van der Waals surface area contributed by atoms with Gasteiger partial charge in [-0.3, -0.25) is 4.79 Å². The second-order valence-electron chi connectivity index (χ2n) is 6.47. The first kappa shape index (κ1) is 21.5. The Bertz CT molecular complexity index is 605. The van der Waals surface area contributed by atoms with E-state index >= 15 is 0 Å². The lowest BCUT2D eigenvalue weighted by Crippen LogP contribution is -2.51. The number of carbonyl (C=O) groups is 1. The summed E-state index contributed by atoms with van der Waals surface area (Å²) in [7, 11) is 0. The lowest BCUT2D eigenvalue weighted by Gasteiger charge is -2.38. The Morgan fingerprint density at radius 2 is 2.28 bits per heavy atom. The Hall–Kier alpha value is -1.56. The molecule has 140 valence electrons. The zero-order valence-corrected chi connectivity index (χ0v) is 15.9. The van der Waals surface area contributed by atoms with Crippen LogP contribution in [0.15, 0.2) is 24.3 Å². The number of allylic oxidation sites excluding steroid dienone is 1. The normalized spacial score (nSPS) is 23.2. The van der Waals surface area contributed by atoms with E-state index in [2.05, 4.69) is 5.32 Å². The van der Waals surface area contributed by atoms with E-state index < -0.39 is 0 Å². The maximum absolute atomic E-state index is 12.1. The van der Waals surface area contributed by atoms with Crippen LogP contribution < -0.4 is 10.1 Å². The van der Waals surface area contributed by atoms with Gasteiger partial charge in [0, 0.05) is 19.5 Å². The lowest BCUT2D eigenvalue weighted by molar-refractivity contribution is -0.121. The molecule has 2 rings (SSSR count). The van der Waals surface area contributed by atoms with E-state index in [4.69, 9.17) is 9.47 Å². The standard InChI is InChI=1S/C19H27NO4.ClH/c1-4-23-18-11-15(6-8-17(18)22)5-7-16(21)9-10-19(3)13-20-12-14(2)24-19;/h5-8,11,14,20,22H,4,9-10,12-13H2,1-3H3;1H. The molecule has 1 aliphatic heterocycles. The third kappa shape index (κ3) is 6.69. The molecule has 1 fully saturated rings. The molecule has 0 radical (unpaired) electrons. The van der Waals surface area contributed by atoms with E-state index in [9.17, 15) is 9.90 Å². The number of aromatic hydroxyl groups is 1. The molecule has 0 spiro atoms. The molecule has 6 heteroatoms. The van der Waals surface area contributed by atoms with Crippen LogP contribution in [0.1, 0.15) is 39.2 Å². The van der Waals surface area contributed by atoms with Gasteiger partial charge in [-0.25, -0.2) is 0 Å². The second-order valence-corrected chi connectivity index (χ2v) is 6.47. The highest BCUT2D eigenvalue weighted by Gasteiger charge is 2.31. The fraction of sp³-hybridized carbons (Fsp3) is 0.526. The van der Waals surface area contributed by atoms with Crippen LogP contribution in [-0.4, -0.2) is 42.3 Å². The van der Waals surface area contributed by atoms with Crippen molar-refractivity contribution in [2.45, 2.75) is 45.3 Å². The van der Waals surface area contributed by atoms with Crippen LogP contribution in [0.5, 0.6) is 11.5 Å². The van der Waals surface area contributed by atoms with E-state index in [1.807, 2.05) is 20.8 Å². The zero-order valence-electron chi connectivity index (χ0n) is 15.1. The summed E-state index contributed by atoms with van der Waals surface area (Å²) in [6, 6.07) is 5.04. The number of hydrogen-bond donors (Lipinski definition) is 2. The maximum Gasteiger partial charge on any atom is 0.161 e. The average Bonchev–Trinajstić information content (AvgIpc) is 2.54. The molecule has 0 amide bonds. The van der Waals surface area contributed by atoms with Gasteiger partial charge in [-0.2, -0.15) is 0 Å². The van der Waals surface area contributed by atoms with Crippen LogP contribution in [0.25, 0.3) is 6.08 Å². The third-order valence-corrected chi connectivity index (χ3v) is 4.06. The Balaban J connectivity index is 0.00000312. The SMILES string of the molecule is CCOc1cc(C=CC(=O)CCC2(C)CNCC(C)O2)ccc1O.Cl. The summed E-state index contributed by atoms with van der Waals surface area (Å²) in [5.41, 5.74) is 0.530. The first-order valence-electron chi connectivity index (χ1n) is 8.47. The lowest BCUT2D eigenvalue weighted by atomic mass is 9.96. The molecule has 0 aliphatic carbocycles. The van der Waals surface area contributed by atoms with Crippen LogP contribution in [0.3, 0.4) is 0 Å². The largest absolute Gasteiger partial charge is 0.504 e. The molecule has 0 saturated carbocycles. The quantitative estimate of drug-likeness (QED) is 0.721. The zero-order chi connectivity index (χ0) is 17.6. The van der Waals surface area contributed by atoms with Crippen molar-refractivity contribution in [3.63, 3.8) is 0 Å². The first-order chi connectivity index (χ1) is 11.4. The molecule has 2 unspecified atom stereocenters. The minimum absolute atomic E-state index is 0. The van der Waals surface area contributed by atoms with Crippen LogP contribution >= 0.6 is 12.4 Å². The van der Waals surface area contributed by atoms with Crippen molar-refractivity contribution in [1.29, 1.82) is 0 Å². The van der Waals surface area contributed by atoms with Crippen LogP contribution in [-0.2, 0) is 9.53 Å². The molecule has 1 saturated heterocycles. The van der Waals surface area contributed by atoms with Crippen molar-refractivity contribution < 1.29 is 19.4 Å². The number of benzene rings is 1. The van der Waals surface area contributed by atoms with Gasteiger partial charge in [0.15, 0.2) is 17.3 Å². The van der Waals surface area contributed by atoms with Crippen molar-refractivity contribution in [3.05, 3.63) is 29.8 Å². The van der Waals surface area contributed by atoms with Crippen molar-refractivity contribution >= 4 is 24.3 Å². The first-order valence-corrected chi connectivity index (χ1v) is 8.47. The smallest absolute Gasteiger partial charge is 0.161 e. The molecule has 2 N–H and O–H groups in total. The van der Waals surface area contributed by atoms with Gasteiger partial charge in [0.05, 0.1) is 18.3 Å². The van der Waals surface area contributed by atoms with Crippen molar-refractivity contribution in [1.82, 2.24) is 5.32 Å². The number of phenolic OH excluding ortho intramolecular Hbond substituents is 1. The Labute approximate surface area is 155 Å². The number of halogens is 1. The van der Waals surface area contributed by atoms with Gasteiger partial charge in [-0.05, 0) is 51.0 Å². The van der Waals surface area contributed by atoms with Crippen molar-refractivity contribution in [3.8, 4) is 11.5 Å². The molecule has 1 aromatic rings. The Morgan fingerprint density at radius 3 is 2.96 bits per heavy atom. The molecule has 5 nitrogen and oxygen atoms in total. The van der Waals surface area contributed by atoms with Crippen molar-refractivity contribution in [2.24, 2.45) is 0 Å². The number of ketones is 1. The van der Waals surface area contributed by atoms with Crippen molar-refractivity contribution in [2.75, 3.05) is 19.7 Å². The number of hydrogen-bond acceptors (Lipinski definition) is 5. The predicted octanol–water partition coefficient (Wildman–Crippen LogP) is 3.34. The molecule has 1 heterocycles. The molecule has 2 atom stereocenters. The molecular weight excluding hydrogens is 342 g/mol. The fourth-order valence-electron chi connectivity index (χ4n) is 2.82. The number of carbonyl (C=O) groups excluding carboxylic acids is 1. The van der Waals surface area contributed by atoms with E-state index in [0.29, 0.717) is 25.2 Å². The Kier molecular flexibility index (Phi) is 8.42. The topological polar surface area (TPSA) is 67.8 Å². The average molecular weight is 370 g/mol. The van der Waals surface area contributed by atoms with E-state index in [1.165, 1.54) is 0 Å². The van der Waals surface area contributed by atoms with E-state index in [-0.39, 0.29) is 35.6 Å². The van der Waals surface area contributed by atoms with E-state index in [0.717, 1.165) is 18.7 Å².